The highest BCUT2D eigenvalue weighted by atomic mass is 16.5. The van der Waals surface area contributed by atoms with Gasteiger partial charge in [-0.1, -0.05) is 19.1 Å². The summed E-state index contributed by atoms with van der Waals surface area (Å²) < 4.78 is 5.35. The zero-order chi connectivity index (χ0) is 15.0. The van der Waals surface area contributed by atoms with Gasteiger partial charge < -0.3 is 9.84 Å². The van der Waals surface area contributed by atoms with Crippen LogP contribution >= 0.6 is 0 Å². The Labute approximate surface area is 125 Å². The number of rotatable bonds is 1. The Hall–Kier alpha value is -1.65. The molecular weight excluding hydrogens is 266 g/mol. The van der Waals surface area contributed by atoms with Gasteiger partial charge in [0.25, 0.3) is 0 Å². The minimum atomic E-state index is -0.733. The molecule has 21 heavy (non-hydrogen) atoms. The first-order valence-corrected chi connectivity index (χ1v) is 7.46. The van der Waals surface area contributed by atoms with E-state index in [2.05, 4.69) is 12.1 Å². The molecule has 2 unspecified atom stereocenters. The Balaban J connectivity index is 2.00. The van der Waals surface area contributed by atoms with Crippen LogP contribution in [0.4, 0.5) is 5.69 Å². The number of hydrogen-bond donors (Lipinski definition) is 1. The van der Waals surface area contributed by atoms with Crippen LogP contribution in [0.2, 0.25) is 0 Å². The largest absolute Gasteiger partial charge is 0.377 e. The molecule has 4 heteroatoms. The second-order valence-corrected chi connectivity index (χ2v) is 5.88. The van der Waals surface area contributed by atoms with Gasteiger partial charge in [0.05, 0.1) is 13.2 Å². The van der Waals surface area contributed by atoms with Crippen LogP contribution in [0.15, 0.2) is 24.3 Å². The number of aliphatic hydroxyl groups excluding tert-OH is 1. The number of fused-ring (bicyclic) bond motifs is 1. The standard InChI is InChI=1S/C17H21NO3/c1-11-9-15-10-14(13-5-7-21-8-6-13)3-4-16(15)18(12(2)19)17(11)20/h3-5,10-11,17,20H,6-9H2,1-2H3. The van der Waals surface area contributed by atoms with Gasteiger partial charge in [-0.25, -0.2) is 0 Å². The quantitative estimate of drug-likeness (QED) is 0.862. The Morgan fingerprint density at radius 3 is 2.90 bits per heavy atom. The molecular formula is C17H21NO3. The summed E-state index contributed by atoms with van der Waals surface area (Å²) in [5, 5.41) is 10.2. The average Bonchev–Trinajstić information content (AvgIpc) is 2.48. The maximum absolute atomic E-state index is 11.8. The van der Waals surface area contributed by atoms with Gasteiger partial charge in [0.2, 0.25) is 5.91 Å². The third kappa shape index (κ3) is 2.61. The molecule has 0 bridgehead atoms. The molecule has 2 aliphatic rings. The number of amides is 1. The van der Waals surface area contributed by atoms with Crippen LogP contribution in [0.1, 0.15) is 31.4 Å². The van der Waals surface area contributed by atoms with Crippen molar-refractivity contribution in [3.63, 3.8) is 0 Å². The number of anilines is 1. The lowest BCUT2D eigenvalue weighted by molar-refractivity contribution is -0.119. The van der Waals surface area contributed by atoms with Gasteiger partial charge in [-0.05, 0) is 41.7 Å². The number of nitrogens with zero attached hydrogens (tertiary/aromatic N) is 1. The van der Waals surface area contributed by atoms with E-state index in [-0.39, 0.29) is 11.8 Å². The summed E-state index contributed by atoms with van der Waals surface area (Å²) >= 11 is 0. The van der Waals surface area contributed by atoms with Gasteiger partial charge in [-0.3, -0.25) is 9.69 Å². The SMILES string of the molecule is CC(=O)N1c2ccc(C3=CCOCC3)cc2CC(C)C1O. The summed E-state index contributed by atoms with van der Waals surface area (Å²) in [6.07, 6.45) is 3.10. The van der Waals surface area contributed by atoms with E-state index in [0.717, 1.165) is 30.7 Å². The summed E-state index contributed by atoms with van der Waals surface area (Å²) in [5.74, 6) is -0.0753. The van der Waals surface area contributed by atoms with Gasteiger partial charge in [0.1, 0.15) is 6.23 Å². The van der Waals surface area contributed by atoms with E-state index >= 15 is 0 Å². The lowest BCUT2D eigenvalue weighted by Gasteiger charge is -2.37. The van der Waals surface area contributed by atoms with Crippen molar-refractivity contribution in [2.45, 2.75) is 32.9 Å². The third-order valence-corrected chi connectivity index (χ3v) is 4.33. The molecule has 0 saturated heterocycles. The number of hydrogen-bond acceptors (Lipinski definition) is 3. The van der Waals surface area contributed by atoms with Gasteiger partial charge >= 0.3 is 0 Å². The summed E-state index contributed by atoms with van der Waals surface area (Å²) in [4.78, 5) is 13.3. The summed E-state index contributed by atoms with van der Waals surface area (Å²) in [5.41, 5.74) is 4.47. The van der Waals surface area contributed by atoms with Gasteiger partial charge in [-0.15, -0.1) is 0 Å². The van der Waals surface area contributed by atoms with Crippen LogP contribution in [0, 0.1) is 5.92 Å². The van der Waals surface area contributed by atoms with Crippen molar-refractivity contribution in [1.82, 2.24) is 0 Å². The fraction of sp³-hybridized carbons (Fsp3) is 0.471. The van der Waals surface area contributed by atoms with E-state index in [0.29, 0.717) is 6.61 Å². The molecule has 2 atom stereocenters. The number of carbonyl (C=O) groups is 1. The maximum atomic E-state index is 11.8. The number of ether oxygens (including phenoxy) is 1. The Morgan fingerprint density at radius 2 is 2.24 bits per heavy atom. The zero-order valence-corrected chi connectivity index (χ0v) is 12.5. The smallest absolute Gasteiger partial charge is 0.225 e. The molecule has 1 N–H and O–H groups in total. The van der Waals surface area contributed by atoms with E-state index in [9.17, 15) is 9.90 Å². The first-order chi connectivity index (χ1) is 10.1. The molecule has 0 aliphatic carbocycles. The normalized spacial score (nSPS) is 25.3. The Morgan fingerprint density at radius 1 is 1.43 bits per heavy atom. The maximum Gasteiger partial charge on any atom is 0.225 e. The van der Waals surface area contributed by atoms with Crippen molar-refractivity contribution in [2.75, 3.05) is 18.1 Å². The minimum absolute atomic E-state index is 0.0420. The summed E-state index contributed by atoms with van der Waals surface area (Å²) in [6, 6.07) is 6.15. The molecule has 112 valence electrons. The van der Waals surface area contributed by atoms with E-state index in [1.807, 2.05) is 19.1 Å². The van der Waals surface area contributed by atoms with E-state index in [1.54, 1.807) is 0 Å². The molecule has 0 radical (unpaired) electrons. The molecule has 1 amide bonds. The second-order valence-electron chi connectivity index (χ2n) is 5.88. The van der Waals surface area contributed by atoms with Crippen molar-refractivity contribution in [3.05, 3.63) is 35.4 Å². The average molecular weight is 287 g/mol. The lowest BCUT2D eigenvalue weighted by atomic mass is 9.89. The molecule has 0 spiro atoms. The molecule has 3 rings (SSSR count). The number of benzene rings is 1. The molecule has 2 heterocycles. The van der Waals surface area contributed by atoms with Gasteiger partial charge in [0.15, 0.2) is 0 Å². The number of carbonyl (C=O) groups excluding carboxylic acids is 1. The molecule has 1 aromatic rings. The highest BCUT2D eigenvalue weighted by molar-refractivity contribution is 5.93. The van der Waals surface area contributed by atoms with Gasteiger partial charge in [0, 0.05) is 18.5 Å². The van der Waals surface area contributed by atoms with Crippen molar-refractivity contribution < 1.29 is 14.6 Å². The minimum Gasteiger partial charge on any atom is -0.377 e. The van der Waals surface area contributed by atoms with E-state index in [1.165, 1.54) is 23.0 Å². The molecule has 2 aliphatic heterocycles. The third-order valence-electron chi connectivity index (χ3n) is 4.33. The topological polar surface area (TPSA) is 49.8 Å². The van der Waals surface area contributed by atoms with Crippen LogP contribution in [0.5, 0.6) is 0 Å². The highest BCUT2D eigenvalue weighted by Crippen LogP contribution is 2.35. The molecule has 0 aromatic heterocycles. The predicted molar refractivity (Wildman–Crippen MR) is 81.9 cm³/mol. The van der Waals surface area contributed by atoms with Crippen molar-refractivity contribution in [2.24, 2.45) is 5.92 Å². The van der Waals surface area contributed by atoms with E-state index < -0.39 is 6.23 Å². The van der Waals surface area contributed by atoms with Crippen LogP contribution in [0.3, 0.4) is 0 Å². The highest BCUT2D eigenvalue weighted by Gasteiger charge is 2.32. The zero-order valence-electron chi connectivity index (χ0n) is 12.5. The fourth-order valence-electron chi connectivity index (χ4n) is 3.18. The molecule has 0 saturated carbocycles. The van der Waals surface area contributed by atoms with Crippen molar-refractivity contribution in [3.8, 4) is 0 Å². The fourth-order valence-corrected chi connectivity index (χ4v) is 3.18. The molecule has 1 aromatic carbocycles. The monoisotopic (exact) mass is 287 g/mol. The Kier molecular flexibility index (Phi) is 3.83. The van der Waals surface area contributed by atoms with E-state index in [4.69, 9.17) is 4.74 Å². The molecule has 4 nitrogen and oxygen atoms in total. The second kappa shape index (κ2) is 5.62. The first kappa shape index (κ1) is 14.3. The van der Waals surface area contributed by atoms with Crippen LogP contribution in [-0.4, -0.2) is 30.5 Å². The summed E-state index contributed by atoms with van der Waals surface area (Å²) in [7, 11) is 0. The van der Waals surface area contributed by atoms with Gasteiger partial charge in [-0.2, -0.15) is 0 Å². The predicted octanol–water partition coefficient (Wildman–Crippen LogP) is 2.35. The van der Waals surface area contributed by atoms with Crippen LogP contribution in [0.25, 0.3) is 5.57 Å². The number of aliphatic hydroxyl groups is 1. The van der Waals surface area contributed by atoms with Crippen LogP contribution < -0.4 is 4.90 Å². The first-order valence-electron chi connectivity index (χ1n) is 7.46. The van der Waals surface area contributed by atoms with Crippen molar-refractivity contribution >= 4 is 17.2 Å². The molecule has 0 fully saturated rings. The summed E-state index contributed by atoms with van der Waals surface area (Å²) in [6.45, 7) is 4.91. The lowest BCUT2D eigenvalue weighted by Crippen LogP contribution is -2.47. The Bertz CT molecular complexity index is 594. The van der Waals surface area contributed by atoms with Crippen molar-refractivity contribution in [1.29, 1.82) is 0 Å². The van der Waals surface area contributed by atoms with Crippen LogP contribution in [-0.2, 0) is 16.0 Å².